The first-order chi connectivity index (χ1) is 26.8. The highest BCUT2D eigenvalue weighted by atomic mass is 16.7. The zero-order valence-corrected chi connectivity index (χ0v) is 35.4. The summed E-state index contributed by atoms with van der Waals surface area (Å²) >= 11 is 0. The summed E-state index contributed by atoms with van der Waals surface area (Å²) < 4.78 is 31.6. The summed E-state index contributed by atoms with van der Waals surface area (Å²) in [7, 11) is 3.75. The van der Waals surface area contributed by atoms with E-state index in [1.807, 2.05) is 70.1 Å². The quantitative estimate of drug-likeness (QED) is 0.232. The molecule has 57 heavy (non-hydrogen) atoms. The second-order valence-electron chi connectivity index (χ2n) is 17.2. The topological polar surface area (TPSA) is 163 Å². The first-order valence-electron chi connectivity index (χ1n) is 20.4. The Morgan fingerprint density at radius 2 is 1.75 bits per heavy atom. The van der Waals surface area contributed by atoms with Crippen LogP contribution < -0.4 is 5.32 Å². The molecule has 2 N–H and O–H groups in total. The average Bonchev–Trinajstić information content (AvgIpc) is 3.48. The van der Waals surface area contributed by atoms with Crippen LogP contribution in [0.1, 0.15) is 92.2 Å². The van der Waals surface area contributed by atoms with Gasteiger partial charge in [0.25, 0.3) is 0 Å². The number of cyclic esters (lactones) is 1. The minimum Gasteiger partial charge on any atom is -0.457 e. The maximum atomic E-state index is 14.5. The number of ketones is 2. The number of hydrogen-bond donors (Lipinski definition) is 2. The SMILES string of the molecule is CCC[C@H]1OC(=O)[C@H](C)C(=O)[C@H](C)[C@@H](O[C@@H]2O[C@H](C)C[C@H](N(C)C)[C@H]2O)[C@](C)(OC/C=C/c2cnc3ccc(C)cc3c2)C[C@@H](C)C(=O)[C@H](C)[C@@H]2NC(=O)O[C@]12C. The molecule has 2 aromatic rings. The second-order valence-corrected chi connectivity index (χ2v) is 17.2. The van der Waals surface area contributed by atoms with E-state index in [1.165, 1.54) is 6.92 Å². The molecule has 0 saturated carbocycles. The number of carbonyl (C=O) groups excluding carboxylic acids is 4. The van der Waals surface area contributed by atoms with Gasteiger partial charge in [-0.2, -0.15) is 0 Å². The summed E-state index contributed by atoms with van der Waals surface area (Å²) in [5.41, 5.74) is 0.130. The van der Waals surface area contributed by atoms with Crippen molar-refractivity contribution in [3.63, 3.8) is 0 Å². The lowest BCUT2D eigenvalue weighted by Gasteiger charge is -2.47. The number of likely N-dealkylation sites (N-methyl/N-ethyl adjacent to an activating group) is 1. The van der Waals surface area contributed by atoms with Crippen LogP contribution >= 0.6 is 0 Å². The Morgan fingerprint density at radius 1 is 1.04 bits per heavy atom. The van der Waals surface area contributed by atoms with Gasteiger partial charge in [0.05, 0.1) is 36.0 Å². The number of aliphatic hydroxyl groups is 1. The van der Waals surface area contributed by atoms with Crippen LogP contribution in [0.3, 0.4) is 0 Å². The first kappa shape index (κ1) is 44.4. The number of nitrogens with zero attached hydrogens (tertiary/aromatic N) is 2. The van der Waals surface area contributed by atoms with E-state index < -0.39 is 83.4 Å². The molecule has 0 radical (unpaired) electrons. The molecule has 0 spiro atoms. The Labute approximate surface area is 337 Å². The Kier molecular flexibility index (Phi) is 14.0. The normalized spacial score (nSPS) is 37.2. The maximum absolute atomic E-state index is 14.5. The predicted octanol–water partition coefficient (Wildman–Crippen LogP) is 5.81. The van der Waals surface area contributed by atoms with Gasteiger partial charge in [0.2, 0.25) is 0 Å². The first-order valence-corrected chi connectivity index (χ1v) is 20.4. The Bertz CT molecular complexity index is 1820. The molecule has 5 rings (SSSR count). The van der Waals surface area contributed by atoms with Crippen molar-refractivity contribution in [1.29, 1.82) is 0 Å². The van der Waals surface area contributed by atoms with Gasteiger partial charge in [0, 0.05) is 35.4 Å². The molecule has 13 atom stereocenters. The van der Waals surface area contributed by atoms with Crippen molar-refractivity contribution >= 4 is 40.6 Å². The van der Waals surface area contributed by atoms with Gasteiger partial charge in [0.15, 0.2) is 17.7 Å². The lowest BCUT2D eigenvalue weighted by Crippen LogP contribution is -2.60. The number of carbonyl (C=O) groups is 4. The maximum Gasteiger partial charge on any atom is 0.408 e. The molecular weight excluding hydrogens is 730 g/mol. The summed E-state index contributed by atoms with van der Waals surface area (Å²) in [4.78, 5) is 62.3. The molecule has 314 valence electrons. The fraction of sp³-hybridized carbons (Fsp3) is 0.659. The van der Waals surface area contributed by atoms with Crippen molar-refractivity contribution in [3.05, 3.63) is 47.7 Å². The lowest BCUT2D eigenvalue weighted by molar-refractivity contribution is -0.296. The van der Waals surface area contributed by atoms with Crippen LogP contribution in [0.4, 0.5) is 4.79 Å². The molecule has 4 heterocycles. The summed E-state index contributed by atoms with van der Waals surface area (Å²) in [5.74, 6) is -5.10. The van der Waals surface area contributed by atoms with E-state index in [2.05, 4.69) is 16.4 Å². The molecule has 0 unspecified atom stereocenters. The molecule has 0 aliphatic carbocycles. The van der Waals surface area contributed by atoms with Crippen LogP contribution in [-0.4, -0.2) is 113 Å². The smallest absolute Gasteiger partial charge is 0.408 e. The number of fused-ring (bicyclic) bond motifs is 2. The molecule has 3 aliphatic heterocycles. The van der Waals surface area contributed by atoms with Gasteiger partial charge < -0.3 is 39.0 Å². The average molecular weight is 794 g/mol. The number of rotatable bonds is 9. The fourth-order valence-corrected chi connectivity index (χ4v) is 9.03. The van der Waals surface area contributed by atoms with E-state index in [4.69, 9.17) is 23.7 Å². The van der Waals surface area contributed by atoms with Gasteiger partial charge in [-0.15, -0.1) is 0 Å². The fourth-order valence-electron chi connectivity index (χ4n) is 9.03. The van der Waals surface area contributed by atoms with Gasteiger partial charge in [-0.1, -0.05) is 57.9 Å². The van der Waals surface area contributed by atoms with E-state index in [0.29, 0.717) is 19.3 Å². The third-order valence-electron chi connectivity index (χ3n) is 12.3. The van der Waals surface area contributed by atoms with Crippen LogP contribution in [-0.2, 0) is 38.1 Å². The van der Waals surface area contributed by atoms with Crippen LogP contribution in [0, 0.1) is 30.6 Å². The van der Waals surface area contributed by atoms with Crippen LogP contribution in [0.15, 0.2) is 36.5 Å². The summed E-state index contributed by atoms with van der Waals surface area (Å²) in [5, 5.41) is 15.4. The van der Waals surface area contributed by atoms with Gasteiger partial charge in [-0.25, -0.2) is 4.79 Å². The number of benzene rings is 1. The van der Waals surface area contributed by atoms with Crippen LogP contribution in [0.5, 0.6) is 0 Å². The lowest BCUT2D eigenvalue weighted by atomic mass is 9.73. The molecule has 1 amide bonds. The van der Waals surface area contributed by atoms with E-state index in [-0.39, 0.29) is 31.0 Å². The summed E-state index contributed by atoms with van der Waals surface area (Å²) in [6.07, 6.45) is 1.82. The van der Waals surface area contributed by atoms with Gasteiger partial charge in [-0.05, 0) is 91.7 Å². The number of hydrogen-bond acceptors (Lipinski definition) is 12. The van der Waals surface area contributed by atoms with Crippen molar-refractivity contribution in [2.24, 2.45) is 23.7 Å². The number of nitrogens with one attached hydrogen (secondary N) is 1. The van der Waals surface area contributed by atoms with Crippen molar-refractivity contribution in [3.8, 4) is 0 Å². The Balaban J connectivity index is 1.56. The van der Waals surface area contributed by atoms with E-state index in [9.17, 15) is 24.3 Å². The Hall–Kier alpha value is -3.75. The molecule has 3 saturated heterocycles. The number of aromatic nitrogens is 1. The van der Waals surface area contributed by atoms with Crippen LogP contribution in [0.2, 0.25) is 0 Å². The summed E-state index contributed by atoms with van der Waals surface area (Å²) in [6.45, 7) is 16.1. The number of esters is 1. The highest BCUT2D eigenvalue weighted by Crippen LogP contribution is 2.40. The number of ether oxygens (including phenoxy) is 5. The van der Waals surface area contributed by atoms with Crippen molar-refractivity contribution < 1.29 is 48.0 Å². The van der Waals surface area contributed by atoms with E-state index >= 15 is 0 Å². The highest BCUT2D eigenvalue weighted by Gasteiger charge is 2.57. The largest absolute Gasteiger partial charge is 0.457 e. The zero-order chi connectivity index (χ0) is 42.0. The molecule has 13 nitrogen and oxygen atoms in total. The Morgan fingerprint density at radius 3 is 2.44 bits per heavy atom. The third kappa shape index (κ3) is 9.60. The molecular formula is C44H63N3O10. The van der Waals surface area contributed by atoms with Gasteiger partial charge >= 0.3 is 12.1 Å². The molecule has 13 heteroatoms. The molecule has 3 fully saturated rings. The number of aryl methyl sites for hydroxylation is 1. The number of pyridine rings is 1. The van der Waals surface area contributed by atoms with Gasteiger partial charge in [0.1, 0.15) is 23.9 Å². The number of Topliss-reactive ketones (excluding diaryl/α,β-unsaturated/α-hetero) is 2. The monoisotopic (exact) mass is 793 g/mol. The van der Waals surface area contributed by atoms with E-state index in [1.54, 1.807) is 40.8 Å². The van der Waals surface area contributed by atoms with Crippen molar-refractivity contribution in [2.45, 2.75) is 142 Å². The standard InChI is InChI=1S/C44H63N3O10/c1-12-14-34-44(9)38(46-42(52)57-44)27(5)35(48)25(3)22-43(8,53-18-13-15-30-21-31-19-24(2)16-17-32(31)45-23-30)39(28(6)36(49)29(7)40(51)55-34)56-41-37(50)33(47(10)11)20-26(4)54-41/h13,15-17,19,21,23,25-29,33-34,37-39,41,50H,12,14,18,20,22H2,1-11H3,(H,46,52)/b15-13+/t25-,26-,27+,28+,29-,33+,34-,37-,38+,39-,41+,43-,44-/m1/s1. The van der Waals surface area contributed by atoms with Crippen LogP contribution in [0.25, 0.3) is 17.0 Å². The van der Waals surface area contributed by atoms with Crippen molar-refractivity contribution in [1.82, 2.24) is 15.2 Å². The predicted molar refractivity (Wildman–Crippen MR) is 215 cm³/mol. The molecule has 1 aromatic carbocycles. The molecule has 1 aromatic heterocycles. The summed E-state index contributed by atoms with van der Waals surface area (Å²) in [6, 6.07) is 6.98. The molecule has 0 bridgehead atoms. The minimum absolute atomic E-state index is 0.0608. The van der Waals surface area contributed by atoms with Gasteiger partial charge in [-0.3, -0.25) is 19.4 Å². The number of amides is 1. The van der Waals surface area contributed by atoms with Crippen molar-refractivity contribution in [2.75, 3.05) is 20.7 Å². The third-order valence-corrected chi connectivity index (χ3v) is 12.3. The minimum atomic E-state index is -1.38. The molecule has 3 aliphatic rings. The zero-order valence-electron chi connectivity index (χ0n) is 35.4. The highest BCUT2D eigenvalue weighted by molar-refractivity contribution is 6.00. The van der Waals surface area contributed by atoms with E-state index in [0.717, 1.165) is 22.0 Å². The number of alkyl carbamates (subject to hydrolysis) is 1. The number of aliphatic hydroxyl groups excluding tert-OH is 1. The second kappa shape index (κ2) is 18.0.